The Morgan fingerprint density at radius 3 is 2.10 bits per heavy atom. The first kappa shape index (κ1) is 17.9. The molecule has 0 aromatic rings. The summed E-state index contributed by atoms with van der Waals surface area (Å²) >= 11 is 0. The van der Waals surface area contributed by atoms with Gasteiger partial charge in [0.1, 0.15) is 5.60 Å². The zero-order valence-corrected chi connectivity index (χ0v) is 13.7. The lowest BCUT2D eigenvalue weighted by Crippen LogP contribution is -2.71. The van der Waals surface area contributed by atoms with Gasteiger partial charge in [-0.25, -0.2) is 0 Å². The first-order valence-electron chi connectivity index (χ1n) is 7.48. The molecule has 5 atom stereocenters. The van der Waals surface area contributed by atoms with Crippen molar-refractivity contribution in [3.63, 3.8) is 0 Å². The Balaban J connectivity index is 3.11. The van der Waals surface area contributed by atoms with Crippen LogP contribution < -0.4 is 5.32 Å². The molecule has 1 aliphatic rings. The number of methoxy groups -OCH3 is 2. The lowest BCUT2D eigenvalue weighted by atomic mass is 9.72. The van der Waals surface area contributed by atoms with Crippen LogP contribution in [0.3, 0.4) is 0 Å². The quantitative estimate of drug-likeness (QED) is 0.737. The van der Waals surface area contributed by atoms with E-state index in [1.54, 1.807) is 14.2 Å². The van der Waals surface area contributed by atoms with Crippen molar-refractivity contribution in [1.82, 2.24) is 5.32 Å². The van der Waals surface area contributed by atoms with E-state index in [0.29, 0.717) is 13.2 Å². The Labute approximate surface area is 123 Å². The highest BCUT2D eigenvalue weighted by atomic mass is 16.6. The second-order valence-corrected chi connectivity index (χ2v) is 6.13. The number of ether oxygens (including phenoxy) is 3. The third-order valence-corrected chi connectivity index (χ3v) is 4.39. The lowest BCUT2D eigenvalue weighted by Gasteiger charge is -2.55. The van der Waals surface area contributed by atoms with Crippen molar-refractivity contribution < 1.29 is 19.3 Å². The fraction of sp³-hybridized carbons (Fsp3) is 1.00. The highest BCUT2D eigenvalue weighted by molar-refractivity contribution is 5.07. The van der Waals surface area contributed by atoms with Crippen LogP contribution in [0.1, 0.15) is 34.1 Å². The number of aliphatic hydroxyl groups is 1. The molecule has 0 aliphatic carbocycles. The van der Waals surface area contributed by atoms with Gasteiger partial charge < -0.3 is 24.6 Å². The summed E-state index contributed by atoms with van der Waals surface area (Å²) in [5, 5.41) is 14.2. The molecule has 5 heteroatoms. The minimum atomic E-state index is -0.580. The molecule has 120 valence electrons. The zero-order chi connectivity index (χ0) is 15.4. The van der Waals surface area contributed by atoms with Gasteiger partial charge in [0, 0.05) is 20.1 Å². The van der Waals surface area contributed by atoms with E-state index >= 15 is 0 Å². The van der Waals surface area contributed by atoms with Crippen LogP contribution in [0, 0.1) is 5.92 Å². The van der Waals surface area contributed by atoms with Gasteiger partial charge in [0.05, 0.1) is 31.0 Å². The van der Waals surface area contributed by atoms with Gasteiger partial charge in [-0.2, -0.15) is 0 Å². The molecular weight excluding hydrogens is 258 g/mol. The summed E-state index contributed by atoms with van der Waals surface area (Å²) in [4.78, 5) is 0. The summed E-state index contributed by atoms with van der Waals surface area (Å²) in [6.45, 7) is 9.79. The molecule has 0 bridgehead atoms. The monoisotopic (exact) mass is 289 g/mol. The number of hydrogen-bond acceptors (Lipinski definition) is 5. The summed E-state index contributed by atoms with van der Waals surface area (Å²) < 4.78 is 17.1. The second-order valence-electron chi connectivity index (χ2n) is 6.13. The van der Waals surface area contributed by atoms with Gasteiger partial charge in [0.15, 0.2) is 0 Å². The molecule has 1 rings (SSSR count). The first-order valence-corrected chi connectivity index (χ1v) is 7.48. The highest BCUT2D eigenvalue weighted by Crippen LogP contribution is 2.41. The van der Waals surface area contributed by atoms with Crippen molar-refractivity contribution in [2.45, 2.75) is 57.5 Å². The smallest absolute Gasteiger partial charge is 0.107 e. The number of aliphatic hydroxyl groups excluding tert-OH is 1. The van der Waals surface area contributed by atoms with E-state index in [1.807, 2.05) is 20.8 Å². The van der Waals surface area contributed by atoms with E-state index in [1.165, 1.54) is 0 Å². The zero-order valence-electron chi connectivity index (χ0n) is 13.7. The van der Waals surface area contributed by atoms with Crippen LogP contribution >= 0.6 is 0 Å². The minimum absolute atomic E-state index is 0.0245. The number of rotatable bonds is 7. The van der Waals surface area contributed by atoms with Gasteiger partial charge in [-0.3, -0.25) is 0 Å². The molecule has 2 N–H and O–H groups in total. The molecule has 0 aromatic carbocycles. The van der Waals surface area contributed by atoms with Crippen molar-refractivity contribution in [3.05, 3.63) is 0 Å². The fourth-order valence-corrected chi connectivity index (χ4v) is 3.69. The molecule has 0 radical (unpaired) electrons. The molecule has 1 fully saturated rings. The normalized spacial score (nSPS) is 41.9. The third kappa shape index (κ3) is 3.34. The average Bonchev–Trinajstić information content (AvgIpc) is 2.35. The Bertz CT molecular complexity index is 302. The summed E-state index contributed by atoms with van der Waals surface area (Å²) in [7, 11) is 3.32. The topological polar surface area (TPSA) is 60.0 Å². The van der Waals surface area contributed by atoms with Crippen LogP contribution in [0.15, 0.2) is 0 Å². The Kier molecular flexibility index (Phi) is 6.41. The van der Waals surface area contributed by atoms with Crippen molar-refractivity contribution >= 4 is 0 Å². The molecule has 1 heterocycles. The standard InChI is InChI=1S/C15H31NO4/c1-7-11-12(17)13(16-8-2)15(4,10-19-6)20-14(11,3)9-18-5/h11-13,16-17H,7-10H2,1-6H3. The Morgan fingerprint density at radius 2 is 1.65 bits per heavy atom. The predicted octanol–water partition coefficient (Wildman–Crippen LogP) is 1.19. The number of hydrogen-bond donors (Lipinski definition) is 2. The van der Waals surface area contributed by atoms with E-state index in [-0.39, 0.29) is 12.0 Å². The molecule has 1 aliphatic heterocycles. The lowest BCUT2D eigenvalue weighted by molar-refractivity contribution is -0.274. The fourth-order valence-electron chi connectivity index (χ4n) is 3.69. The largest absolute Gasteiger partial charge is 0.391 e. The van der Waals surface area contributed by atoms with Crippen LogP contribution in [0.5, 0.6) is 0 Å². The summed E-state index contributed by atoms with van der Waals surface area (Å²) in [5.41, 5.74) is -1.09. The van der Waals surface area contributed by atoms with Gasteiger partial charge in [-0.1, -0.05) is 13.8 Å². The van der Waals surface area contributed by atoms with Crippen LogP contribution in [-0.4, -0.2) is 62.4 Å². The maximum absolute atomic E-state index is 10.8. The van der Waals surface area contributed by atoms with Crippen LogP contribution in [0.25, 0.3) is 0 Å². The molecular formula is C15H31NO4. The average molecular weight is 289 g/mol. The second kappa shape index (κ2) is 7.18. The van der Waals surface area contributed by atoms with Crippen molar-refractivity contribution in [3.8, 4) is 0 Å². The van der Waals surface area contributed by atoms with Gasteiger partial charge in [-0.05, 0) is 26.8 Å². The molecule has 0 spiro atoms. The van der Waals surface area contributed by atoms with Crippen molar-refractivity contribution in [1.29, 1.82) is 0 Å². The maximum atomic E-state index is 10.8. The first-order chi connectivity index (χ1) is 9.38. The Morgan fingerprint density at radius 1 is 1.10 bits per heavy atom. The summed E-state index contributed by atoms with van der Waals surface area (Å²) in [6.07, 6.45) is 0.348. The van der Waals surface area contributed by atoms with E-state index in [9.17, 15) is 5.11 Å². The third-order valence-electron chi connectivity index (χ3n) is 4.39. The van der Waals surface area contributed by atoms with Gasteiger partial charge in [0.25, 0.3) is 0 Å². The predicted molar refractivity (Wildman–Crippen MR) is 78.9 cm³/mol. The summed E-state index contributed by atoms with van der Waals surface area (Å²) in [6, 6.07) is -0.151. The molecule has 0 saturated carbocycles. The summed E-state index contributed by atoms with van der Waals surface area (Å²) in [5.74, 6) is 0.0245. The molecule has 1 saturated heterocycles. The van der Waals surface area contributed by atoms with E-state index in [4.69, 9.17) is 14.2 Å². The minimum Gasteiger partial charge on any atom is -0.391 e. The molecule has 5 nitrogen and oxygen atoms in total. The number of likely N-dealkylation sites (N-methyl/N-ethyl adjacent to an activating group) is 1. The van der Waals surface area contributed by atoms with E-state index in [0.717, 1.165) is 13.0 Å². The molecule has 0 amide bonds. The molecule has 20 heavy (non-hydrogen) atoms. The van der Waals surface area contributed by atoms with Gasteiger partial charge in [-0.15, -0.1) is 0 Å². The van der Waals surface area contributed by atoms with Crippen LogP contribution in [0.4, 0.5) is 0 Å². The number of nitrogens with one attached hydrogen (secondary N) is 1. The van der Waals surface area contributed by atoms with Crippen LogP contribution in [-0.2, 0) is 14.2 Å². The van der Waals surface area contributed by atoms with Gasteiger partial charge >= 0.3 is 0 Å². The molecule has 0 aromatic heterocycles. The van der Waals surface area contributed by atoms with Gasteiger partial charge in [0.2, 0.25) is 0 Å². The van der Waals surface area contributed by atoms with Crippen LogP contribution in [0.2, 0.25) is 0 Å². The van der Waals surface area contributed by atoms with Crippen molar-refractivity contribution in [2.24, 2.45) is 5.92 Å². The molecule has 5 unspecified atom stereocenters. The van der Waals surface area contributed by atoms with Crippen molar-refractivity contribution in [2.75, 3.05) is 34.0 Å². The van der Waals surface area contributed by atoms with E-state index < -0.39 is 17.3 Å². The SMILES string of the molecule is CCNC1C(O)C(CC)C(C)(COC)OC1(C)COC. The maximum Gasteiger partial charge on any atom is 0.107 e. The Hall–Kier alpha value is -0.200. The highest BCUT2D eigenvalue weighted by Gasteiger charge is 2.56. The van der Waals surface area contributed by atoms with E-state index in [2.05, 4.69) is 12.2 Å².